The smallest absolute Gasteiger partial charge is 0.223 e. The number of hydrogen-bond acceptors (Lipinski definition) is 4. The molecule has 17 heavy (non-hydrogen) atoms. The van der Waals surface area contributed by atoms with Crippen molar-refractivity contribution < 1.29 is 9.53 Å². The highest BCUT2D eigenvalue weighted by molar-refractivity contribution is 5.76. The Balaban J connectivity index is 2.34. The molecule has 1 aliphatic rings. The van der Waals surface area contributed by atoms with Gasteiger partial charge in [-0.15, -0.1) is 0 Å². The fourth-order valence-electron chi connectivity index (χ4n) is 1.97. The second kappa shape index (κ2) is 6.33. The van der Waals surface area contributed by atoms with Gasteiger partial charge in [0, 0.05) is 46.3 Å². The molecular formula is C12H25N3O2. The van der Waals surface area contributed by atoms with Gasteiger partial charge < -0.3 is 20.7 Å². The van der Waals surface area contributed by atoms with E-state index in [4.69, 9.17) is 10.5 Å². The average molecular weight is 243 g/mol. The molecule has 5 heteroatoms. The van der Waals surface area contributed by atoms with Crippen LogP contribution in [0.5, 0.6) is 0 Å². The van der Waals surface area contributed by atoms with Crippen LogP contribution in [-0.4, -0.2) is 56.2 Å². The van der Waals surface area contributed by atoms with Crippen molar-refractivity contribution in [2.24, 2.45) is 5.73 Å². The first-order valence-electron chi connectivity index (χ1n) is 6.24. The molecule has 100 valence electrons. The molecule has 1 saturated heterocycles. The number of amides is 1. The molecule has 2 unspecified atom stereocenters. The van der Waals surface area contributed by atoms with E-state index in [0.717, 1.165) is 26.0 Å². The number of carbonyl (C=O) groups is 1. The van der Waals surface area contributed by atoms with Gasteiger partial charge in [-0.3, -0.25) is 4.79 Å². The van der Waals surface area contributed by atoms with Gasteiger partial charge in [-0.25, -0.2) is 0 Å². The van der Waals surface area contributed by atoms with Crippen molar-refractivity contribution in [3.63, 3.8) is 0 Å². The van der Waals surface area contributed by atoms with Crippen LogP contribution in [0.3, 0.4) is 0 Å². The number of nitrogens with two attached hydrogens (primary N) is 1. The van der Waals surface area contributed by atoms with Crippen molar-refractivity contribution in [1.29, 1.82) is 0 Å². The van der Waals surface area contributed by atoms with Gasteiger partial charge in [0.25, 0.3) is 0 Å². The van der Waals surface area contributed by atoms with Crippen LogP contribution in [0.25, 0.3) is 0 Å². The lowest BCUT2D eigenvalue weighted by Crippen LogP contribution is -2.47. The SMILES string of the molecule is CN(C)C(=O)CC(CN)NCC1(C)CCCO1. The maximum absolute atomic E-state index is 11.6. The minimum atomic E-state index is -0.0887. The second-order valence-electron chi connectivity index (χ2n) is 5.21. The molecule has 0 radical (unpaired) electrons. The van der Waals surface area contributed by atoms with Gasteiger partial charge in [0.1, 0.15) is 0 Å². The zero-order valence-corrected chi connectivity index (χ0v) is 11.2. The third-order valence-corrected chi connectivity index (χ3v) is 3.27. The molecule has 1 amide bonds. The molecule has 3 N–H and O–H groups in total. The van der Waals surface area contributed by atoms with Gasteiger partial charge >= 0.3 is 0 Å². The van der Waals surface area contributed by atoms with Crippen LogP contribution in [0.1, 0.15) is 26.2 Å². The summed E-state index contributed by atoms with van der Waals surface area (Å²) in [6.07, 6.45) is 2.63. The number of rotatable bonds is 6. The first kappa shape index (κ1) is 14.4. The van der Waals surface area contributed by atoms with E-state index in [9.17, 15) is 4.79 Å². The molecule has 0 aromatic carbocycles. The van der Waals surface area contributed by atoms with E-state index >= 15 is 0 Å². The Hall–Kier alpha value is -0.650. The topological polar surface area (TPSA) is 67.6 Å². The average Bonchev–Trinajstić information content (AvgIpc) is 2.71. The zero-order chi connectivity index (χ0) is 12.9. The highest BCUT2D eigenvalue weighted by Crippen LogP contribution is 2.24. The highest BCUT2D eigenvalue weighted by Gasteiger charge is 2.30. The van der Waals surface area contributed by atoms with Crippen molar-refractivity contribution in [3.8, 4) is 0 Å². The highest BCUT2D eigenvalue weighted by atomic mass is 16.5. The van der Waals surface area contributed by atoms with Crippen LogP contribution < -0.4 is 11.1 Å². The second-order valence-corrected chi connectivity index (χ2v) is 5.21. The van der Waals surface area contributed by atoms with Crippen molar-refractivity contribution >= 4 is 5.91 Å². The van der Waals surface area contributed by atoms with Crippen LogP contribution in [-0.2, 0) is 9.53 Å². The molecule has 1 rings (SSSR count). The van der Waals surface area contributed by atoms with E-state index in [0.29, 0.717) is 13.0 Å². The molecule has 0 aliphatic carbocycles. The molecule has 0 bridgehead atoms. The minimum absolute atomic E-state index is 0.0333. The summed E-state index contributed by atoms with van der Waals surface area (Å²) in [5, 5.41) is 3.34. The molecule has 1 fully saturated rings. The normalized spacial score (nSPS) is 25.9. The summed E-state index contributed by atoms with van der Waals surface area (Å²) in [7, 11) is 3.52. The number of nitrogens with one attached hydrogen (secondary N) is 1. The van der Waals surface area contributed by atoms with Crippen molar-refractivity contribution in [2.75, 3.05) is 33.8 Å². The molecule has 0 aromatic rings. The van der Waals surface area contributed by atoms with E-state index < -0.39 is 0 Å². The largest absolute Gasteiger partial charge is 0.374 e. The lowest BCUT2D eigenvalue weighted by Gasteiger charge is -2.27. The standard InChI is InChI=1S/C12H25N3O2/c1-12(5-4-6-17-12)9-14-10(8-13)7-11(16)15(2)3/h10,14H,4-9,13H2,1-3H3. The minimum Gasteiger partial charge on any atom is -0.374 e. The Morgan fingerprint density at radius 2 is 2.29 bits per heavy atom. The van der Waals surface area contributed by atoms with E-state index in [2.05, 4.69) is 12.2 Å². The first-order valence-corrected chi connectivity index (χ1v) is 6.24. The summed E-state index contributed by atoms with van der Waals surface area (Å²) < 4.78 is 5.69. The third-order valence-electron chi connectivity index (χ3n) is 3.27. The van der Waals surface area contributed by atoms with Gasteiger partial charge in [0.15, 0.2) is 0 Å². The molecule has 0 saturated carbocycles. The van der Waals surface area contributed by atoms with Crippen LogP contribution in [0.4, 0.5) is 0 Å². The monoisotopic (exact) mass is 243 g/mol. The molecule has 2 atom stereocenters. The molecule has 0 aromatic heterocycles. The fourth-order valence-corrected chi connectivity index (χ4v) is 1.97. The Kier molecular flexibility index (Phi) is 5.36. The van der Waals surface area contributed by atoms with Gasteiger partial charge in [0.05, 0.1) is 5.60 Å². The predicted octanol–water partition coefficient (Wildman–Crippen LogP) is -0.0493. The maximum Gasteiger partial charge on any atom is 0.223 e. The van der Waals surface area contributed by atoms with Crippen LogP contribution >= 0.6 is 0 Å². The summed E-state index contributed by atoms with van der Waals surface area (Å²) >= 11 is 0. The van der Waals surface area contributed by atoms with E-state index in [-0.39, 0.29) is 17.6 Å². The van der Waals surface area contributed by atoms with Crippen LogP contribution in [0.15, 0.2) is 0 Å². The Bertz CT molecular complexity index is 250. The first-order chi connectivity index (χ1) is 7.97. The van der Waals surface area contributed by atoms with E-state index in [1.807, 2.05) is 0 Å². The molecule has 1 aliphatic heterocycles. The quantitative estimate of drug-likeness (QED) is 0.686. The fraction of sp³-hybridized carbons (Fsp3) is 0.917. The Labute approximate surface area is 104 Å². The number of nitrogens with zero attached hydrogens (tertiary/aromatic N) is 1. The van der Waals surface area contributed by atoms with Crippen molar-refractivity contribution in [3.05, 3.63) is 0 Å². The van der Waals surface area contributed by atoms with Crippen LogP contribution in [0.2, 0.25) is 0 Å². The molecule has 0 spiro atoms. The number of carbonyl (C=O) groups excluding carboxylic acids is 1. The van der Waals surface area contributed by atoms with Gasteiger partial charge in [-0.2, -0.15) is 0 Å². The third kappa shape index (κ3) is 4.61. The summed E-state index contributed by atoms with van der Waals surface area (Å²) in [5.74, 6) is 0.102. The van der Waals surface area contributed by atoms with Gasteiger partial charge in [-0.1, -0.05) is 0 Å². The van der Waals surface area contributed by atoms with Crippen molar-refractivity contribution in [1.82, 2.24) is 10.2 Å². The summed E-state index contributed by atoms with van der Waals surface area (Å²) in [6.45, 7) is 4.17. The summed E-state index contributed by atoms with van der Waals surface area (Å²) in [5.41, 5.74) is 5.59. The van der Waals surface area contributed by atoms with Gasteiger partial charge in [0.2, 0.25) is 5.91 Å². The summed E-state index contributed by atoms with van der Waals surface area (Å²) in [6, 6.07) is 0.0333. The molecule has 1 heterocycles. The lowest BCUT2D eigenvalue weighted by molar-refractivity contribution is -0.129. The number of hydrogen-bond donors (Lipinski definition) is 2. The Morgan fingerprint density at radius 1 is 1.59 bits per heavy atom. The van der Waals surface area contributed by atoms with E-state index in [1.165, 1.54) is 0 Å². The zero-order valence-electron chi connectivity index (χ0n) is 11.2. The Morgan fingerprint density at radius 3 is 2.76 bits per heavy atom. The number of ether oxygens (including phenoxy) is 1. The van der Waals surface area contributed by atoms with Gasteiger partial charge in [-0.05, 0) is 19.8 Å². The van der Waals surface area contributed by atoms with E-state index in [1.54, 1.807) is 19.0 Å². The lowest BCUT2D eigenvalue weighted by atomic mass is 10.0. The summed E-state index contributed by atoms with van der Waals surface area (Å²) in [4.78, 5) is 13.2. The predicted molar refractivity (Wildman–Crippen MR) is 67.7 cm³/mol. The maximum atomic E-state index is 11.6. The molecular weight excluding hydrogens is 218 g/mol. The van der Waals surface area contributed by atoms with Crippen molar-refractivity contribution in [2.45, 2.75) is 37.8 Å². The van der Waals surface area contributed by atoms with Crippen LogP contribution in [0, 0.1) is 0 Å². The molecule has 5 nitrogen and oxygen atoms in total.